The molecule has 0 amide bonds. The van der Waals surface area contributed by atoms with E-state index >= 15 is 0 Å². The Morgan fingerprint density at radius 2 is 1.54 bits per heavy atom. The van der Waals surface area contributed by atoms with Gasteiger partial charge in [-0.05, 0) is 60.7 Å². The van der Waals surface area contributed by atoms with Crippen LogP contribution >= 0.6 is 0 Å². The largest absolute Gasteiger partial charge is 0.619 e. The van der Waals surface area contributed by atoms with E-state index in [1.165, 1.54) is 12.4 Å². The Labute approximate surface area is 217 Å². The fourth-order valence-corrected chi connectivity index (χ4v) is 5.73. The van der Waals surface area contributed by atoms with Crippen molar-refractivity contribution in [1.29, 1.82) is 0 Å². The standard InChI is InChI=1S/C29H30N2O5S/c1-29(2,24-8-6-5-7-9-24)37(33,34)28-13-11-23(20-30-28)25(18-21-14-16-31(32)17-15-21)22-10-12-26(35-3)27(19-22)36-4/h5-17,19-20,25H,18H2,1-4H3. The molecule has 0 fully saturated rings. The van der Waals surface area contributed by atoms with Gasteiger partial charge in [0, 0.05) is 24.2 Å². The van der Waals surface area contributed by atoms with Crippen molar-refractivity contribution in [2.24, 2.45) is 0 Å². The molecule has 2 aromatic heterocycles. The number of pyridine rings is 2. The second-order valence-electron chi connectivity index (χ2n) is 9.25. The molecule has 0 N–H and O–H groups in total. The number of hydrogen-bond donors (Lipinski definition) is 0. The van der Waals surface area contributed by atoms with Crippen LogP contribution in [-0.4, -0.2) is 27.6 Å². The highest BCUT2D eigenvalue weighted by Gasteiger charge is 2.38. The first kappa shape index (κ1) is 26.2. The maximum Gasteiger partial charge on any atom is 0.204 e. The van der Waals surface area contributed by atoms with Gasteiger partial charge in [-0.3, -0.25) is 0 Å². The predicted molar refractivity (Wildman–Crippen MR) is 141 cm³/mol. The van der Waals surface area contributed by atoms with Gasteiger partial charge in [-0.2, -0.15) is 4.73 Å². The van der Waals surface area contributed by atoms with Crippen molar-refractivity contribution in [3.63, 3.8) is 0 Å². The number of rotatable bonds is 9. The number of hydrogen-bond acceptors (Lipinski definition) is 6. The van der Waals surface area contributed by atoms with Gasteiger partial charge < -0.3 is 14.7 Å². The summed E-state index contributed by atoms with van der Waals surface area (Å²) in [6, 6.07) is 21.8. The molecule has 1 unspecified atom stereocenters. The van der Waals surface area contributed by atoms with E-state index in [4.69, 9.17) is 9.47 Å². The number of aromatic nitrogens is 2. The second-order valence-corrected chi connectivity index (χ2v) is 11.7. The van der Waals surface area contributed by atoms with E-state index in [-0.39, 0.29) is 10.9 Å². The molecule has 0 aliphatic carbocycles. The second kappa shape index (κ2) is 10.6. The third-order valence-corrected chi connectivity index (χ3v) is 9.07. The number of ether oxygens (including phenoxy) is 2. The van der Waals surface area contributed by atoms with Crippen LogP contribution in [0, 0.1) is 5.21 Å². The summed E-state index contributed by atoms with van der Waals surface area (Å²) in [7, 11) is -0.607. The van der Waals surface area contributed by atoms with Crippen molar-refractivity contribution < 1.29 is 22.6 Å². The summed E-state index contributed by atoms with van der Waals surface area (Å²) in [6.45, 7) is 3.38. The number of benzene rings is 2. The van der Waals surface area contributed by atoms with E-state index < -0.39 is 14.6 Å². The highest BCUT2D eigenvalue weighted by atomic mass is 32.2. The Bertz CT molecular complexity index is 1450. The maximum atomic E-state index is 13.6. The van der Waals surface area contributed by atoms with Gasteiger partial charge in [-0.1, -0.05) is 42.5 Å². The highest BCUT2D eigenvalue weighted by molar-refractivity contribution is 7.92. The molecule has 0 saturated carbocycles. The van der Waals surface area contributed by atoms with Crippen molar-refractivity contribution in [3.8, 4) is 11.5 Å². The molecular weight excluding hydrogens is 488 g/mol. The van der Waals surface area contributed by atoms with E-state index in [0.29, 0.717) is 23.5 Å². The summed E-state index contributed by atoms with van der Waals surface area (Å²) in [4.78, 5) is 4.42. The Balaban J connectivity index is 1.73. The summed E-state index contributed by atoms with van der Waals surface area (Å²) >= 11 is 0. The zero-order chi connectivity index (χ0) is 26.6. The smallest absolute Gasteiger partial charge is 0.204 e. The summed E-state index contributed by atoms with van der Waals surface area (Å²) in [6.07, 6.45) is 5.10. The topological polar surface area (TPSA) is 92.4 Å². The third kappa shape index (κ3) is 5.29. The van der Waals surface area contributed by atoms with Crippen LogP contribution in [0.5, 0.6) is 11.5 Å². The van der Waals surface area contributed by atoms with Gasteiger partial charge in [-0.15, -0.1) is 0 Å². The van der Waals surface area contributed by atoms with Crippen LogP contribution in [-0.2, 0) is 21.0 Å². The molecule has 4 aromatic rings. The molecule has 0 aliphatic heterocycles. The van der Waals surface area contributed by atoms with Crippen LogP contribution < -0.4 is 14.2 Å². The van der Waals surface area contributed by atoms with E-state index in [1.54, 1.807) is 58.5 Å². The lowest BCUT2D eigenvalue weighted by atomic mass is 9.87. The van der Waals surface area contributed by atoms with Crippen LogP contribution in [0.4, 0.5) is 0 Å². The summed E-state index contributed by atoms with van der Waals surface area (Å²) < 4.78 is 37.6. The molecule has 2 aromatic carbocycles. The molecule has 0 saturated heterocycles. The fraction of sp³-hybridized carbons (Fsp3) is 0.241. The normalized spacial score (nSPS) is 12.6. The Hall–Kier alpha value is -3.91. The van der Waals surface area contributed by atoms with Crippen LogP contribution in [0.1, 0.15) is 42.0 Å². The molecule has 7 nitrogen and oxygen atoms in total. The molecule has 0 bridgehead atoms. The molecule has 37 heavy (non-hydrogen) atoms. The van der Waals surface area contributed by atoms with Crippen molar-refractivity contribution in [1.82, 2.24) is 4.98 Å². The predicted octanol–water partition coefficient (Wildman–Crippen LogP) is 4.82. The van der Waals surface area contributed by atoms with Crippen LogP contribution in [0.2, 0.25) is 0 Å². The Kier molecular flexibility index (Phi) is 7.50. The molecule has 1 atom stereocenters. The molecule has 4 rings (SSSR count). The SMILES string of the molecule is COc1ccc(C(Cc2cc[n+]([O-])cc2)c2ccc(S(=O)(=O)C(C)(C)c3ccccc3)nc2)cc1OC. The molecule has 8 heteroatoms. The molecular formula is C29H30N2O5S. The quantitative estimate of drug-likeness (QED) is 0.233. The zero-order valence-electron chi connectivity index (χ0n) is 21.3. The van der Waals surface area contributed by atoms with E-state index in [2.05, 4.69) is 4.98 Å². The summed E-state index contributed by atoms with van der Waals surface area (Å²) in [5, 5.41) is 11.6. The first-order chi connectivity index (χ1) is 17.7. The number of nitrogens with zero attached hydrogens (tertiary/aromatic N) is 2. The van der Waals surface area contributed by atoms with Gasteiger partial charge >= 0.3 is 0 Å². The van der Waals surface area contributed by atoms with Gasteiger partial charge in [0.1, 0.15) is 0 Å². The first-order valence-electron chi connectivity index (χ1n) is 11.8. The van der Waals surface area contributed by atoms with Crippen LogP contribution in [0.15, 0.2) is 96.4 Å². The molecule has 0 aliphatic rings. The maximum absolute atomic E-state index is 13.6. The van der Waals surface area contributed by atoms with Crippen molar-refractivity contribution in [2.75, 3.05) is 14.2 Å². The van der Waals surface area contributed by atoms with Gasteiger partial charge in [0.05, 0.1) is 19.0 Å². The van der Waals surface area contributed by atoms with Crippen molar-refractivity contribution in [2.45, 2.75) is 36.0 Å². The van der Waals surface area contributed by atoms with E-state index in [0.717, 1.165) is 21.4 Å². The lowest BCUT2D eigenvalue weighted by molar-refractivity contribution is -0.605. The van der Waals surface area contributed by atoms with Crippen LogP contribution in [0.3, 0.4) is 0 Å². The minimum Gasteiger partial charge on any atom is -0.619 e. The van der Waals surface area contributed by atoms with Crippen molar-refractivity contribution in [3.05, 3.63) is 119 Å². The molecule has 2 heterocycles. The highest BCUT2D eigenvalue weighted by Crippen LogP contribution is 2.37. The van der Waals surface area contributed by atoms with Gasteiger partial charge in [0.25, 0.3) is 0 Å². The fourth-order valence-electron chi connectivity index (χ4n) is 4.33. The van der Waals surface area contributed by atoms with Gasteiger partial charge in [-0.25, -0.2) is 13.4 Å². The minimum atomic E-state index is -3.77. The minimum absolute atomic E-state index is 0.0169. The average Bonchev–Trinajstić information content (AvgIpc) is 2.92. The van der Waals surface area contributed by atoms with E-state index in [9.17, 15) is 13.6 Å². The van der Waals surface area contributed by atoms with Gasteiger partial charge in [0.15, 0.2) is 28.9 Å². The lowest BCUT2D eigenvalue weighted by Crippen LogP contribution is -2.30. The molecule has 192 valence electrons. The summed E-state index contributed by atoms with van der Waals surface area (Å²) in [5.74, 6) is 1.03. The molecule has 0 spiro atoms. The number of methoxy groups -OCH3 is 2. The lowest BCUT2D eigenvalue weighted by Gasteiger charge is -2.25. The average molecular weight is 519 g/mol. The Morgan fingerprint density at radius 1 is 0.892 bits per heavy atom. The Morgan fingerprint density at radius 3 is 2.14 bits per heavy atom. The zero-order valence-corrected chi connectivity index (χ0v) is 22.1. The van der Waals surface area contributed by atoms with Gasteiger partial charge in [0.2, 0.25) is 9.84 Å². The van der Waals surface area contributed by atoms with Crippen LogP contribution in [0.25, 0.3) is 0 Å². The third-order valence-electron chi connectivity index (χ3n) is 6.70. The number of sulfone groups is 1. The molecule has 0 radical (unpaired) electrons. The monoisotopic (exact) mass is 518 g/mol. The van der Waals surface area contributed by atoms with Crippen molar-refractivity contribution >= 4 is 9.84 Å². The summed E-state index contributed by atoms with van der Waals surface area (Å²) in [5.41, 5.74) is 3.43. The first-order valence-corrected chi connectivity index (χ1v) is 13.3. The van der Waals surface area contributed by atoms with E-state index in [1.807, 2.05) is 48.5 Å².